The van der Waals surface area contributed by atoms with Crippen LogP contribution in [-0.4, -0.2) is 28.9 Å². The Morgan fingerprint density at radius 1 is 1.44 bits per heavy atom. The summed E-state index contributed by atoms with van der Waals surface area (Å²) in [5.74, 6) is 0.0912. The third-order valence-electron chi connectivity index (χ3n) is 2.78. The zero-order valence-corrected chi connectivity index (χ0v) is 10.5. The fraction of sp³-hybridized carbons (Fsp3) is 0.385. The van der Waals surface area contributed by atoms with Gasteiger partial charge in [0.15, 0.2) is 0 Å². The van der Waals surface area contributed by atoms with E-state index in [0.717, 1.165) is 24.2 Å². The first-order chi connectivity index (χ1) is 8.79. The quantitative estimate of drug-likeness (QED) is 0.746. The normalized spacial score (nSPS) is 10.7. The van der Waals surface area contributed by atoms with E-state index in [1.165, 1.54) is 0 Å². The molecular weight excluding hydrogens is 228 g/mol. The molecule has 0 bridgehead atoms. The monoisotopic (exact) mass is 246 g/mol. The molecule has 2 aromatic heterocycles. The number of aromatic nitrogens is 2. The molecule has 1 amide bonds. The summed E-state index contributed by atoms with van der Waals surface area (Å²) in [4.78, 5) is 15.8. The average molecular weight is 246 g/mol. The van der Waals surface area contributed by atoms with Gasteiger partial charge in [-0.15, -0.1) is 0 Å². The summed E-state index contributed by atoms with van der Waals surface area (Å²) < 4.78 is 1.94. The predicted molar refractivity (Wildman–Crippen MR) is 70.2 cm³/mol. The molecule has 5 nitrogen and oxygen atoms in total. The molecule has 0 aromatic carbocycles. The molecule has 5 heteroatoms. The molecule has 0 spiro atoms. The second-order valence-electron chi connectivity index (χ2n) is 4.21. The minimum Gasteiger partial charge on any atom is -0.352 e. The number of imidazole rings is 1. The van der Waals surface area contributed by atoms with E-state index in [0.29, 0.717) is 13.0 Å². The highest BCUT2D eigenvalue weighted by atomic mass is 16.1. The third-order valence-corrected chi connectivity index (χ3v) is 2.78. The minimum atomic E-state index is 0.0912. The van der Waals surface area contributed by atoms with Gasteiger partial charge in [0.05, 0.1) is 0 Å². The number of carbonyl (C=O) groups is 1. The first kappa shape index (κ1) is 12.6. The first-order valence-corrected chi connectivity index (χ1v) is 6.12. The SMILES string of the molecule is CNCCCC(=O)NCc1ccn2ccnc2c1. The molecule has 0 radical (unpaired) electrons. The zero-order chi connectivity index (χ0) is 12.8. The molecule has 0 saturated carbocycles. The summed E-state index contributed by atoms with van der Waals surface area (Å²) in [5.41, 5.74) is 1.97. The molecule has 2 heterocycles. The number of amides is 1. The van der Waals surface area contributed by atoms with Gasteiger partial charge in [0.1, 0.15) is 5.65 Å². The summed E-state index contributed by atoms with van der Waals surface area (Å²) in [6.45, 7) is 1.43. The van der Waals surface area contributed by atoms with Crippen LogP contribution in [0.4, 0.5) is 0 Å². The van der Waals surface area contributed by atoms with E-state index in [1.807, 2.05) is 36.0 Å². The Labute approximate surface area is 106 Å². The molecule has 0 saturated heterocycles. The van der Waals surface area contributed by atoms with E-state index in [-0.39, 0.29) is 5.91 Å². The smallest absolute Gasteiger partial charge is 0.220 e. The molecule has 2 N–H and O–H groups in total. The summed E-state index contributed by atoms with van der Waals surface area (Å²) in [7, 11) is 1.89. The first-order valence-electron chi connectivity index (χ1n) is 6.12. The van der Waals surface area contributed by atoms with Gasteiger partial charge in [-0.1, -0.05) is 0 Å². The van der Waals surface area contributed by atoms with Crippen LogP contribution in [0.25, 0.3) is 5.65 Å². The van der Waals surface area contributed by atoms with Crippen molar-refractivity contribution >= 4 is 11.6 Å². The van der Waals surface area contributed by atoms with E-state index >= 15 is 0 Å². The molecule has 0 aliphatic rings. The van der Waals surface area contributed by atoms with Crippen molar-refractivity contribution in [1.82, 2.24) is 20.0 Å². The van der Waals surface area contributed by atoms with Crippen LogP contribution in [0.3, 0.4) is 0 Å². The molecule has 2 rings (SSSR count). The topological polar surface area (TPSA) is 58.4 Å². The minimum absolute atomic E-state index is 0.0912. The van der Waals surface area contributed by atoms with Gasteiger partial charge in [0.2, 0.25) is 5.91 Å². The van der Waals surface area contributed by atoms with E-state index in [4.69, 9.17) is 0 Å². The van der Waals surface area contributed by atoms with Gasteiger partial charge >= 0.3 is 0 Å². The Balaban J connectivity index is 1.83. The standard InChI is InChI=1S/C13H18N4O/c1-14-5-2-3-13(18)16-10-11-4-7-17-8-6-15-12(17)9-11/h4,6-9,14H,2-3,5,10H2,1H3,(H,16,18). The molecule has 2 aromatic rings. The van der Waals surface area contributed by atoms with Crippen LogP contribution in [0.5, 0.6) is 0 Å². The van der Waals surface area contributed by atoms with Gasteiger partial charge in [0.25, 0.3) is 0 Å². The van der Waals surface area contributed by atoms with Crippen molar-refractivity contribution < 1.29 is 4.79 Å². The second kappa shape index (κ2) is 6.16. The van der Waals surface area contributed by atoms with Gasteiger partial charge < -0.3 is 15.0 Å². The van der Waals surface area contributed by atoms with Crippen molar-refractivity contribution in [3.63, 3.8) is 0 Å². The molecule has 0 unspecified atom stereocenters. The van der Waals surface area contributed by atoms with E-state index in [9.17, 15) is 4.79 Å². The highest BCUT2D eigenvalue weighted by Crippen LogP contribution is 2.05. The Bertz CT molecular complexity index is 520. The lowest BCUT2D eigenvalue weighted by atomic mass is 10.2. The van der Waals surface area contributed by atoms with E-state index < -0.39 is 0 Å². The lowest BCUT2D eigenvalue weighted by Crippen LogP contribution is -2.23. The van der Waals surface area contributed by atoms with Gasteiger partial charge in [-0.2, -0.15) is 0 Å². The number of carbonyl (C=O) groups excluding carboxylic acids is 1. The molecule has 0 fully saturated rings. The number of pyridine rings is 1. The number of hydrogen-bond donors (Lipinski definition) is 2. The van der Waals surface area contributed by atoms with E-state index in [1.54, 1.807) is 6.20 Å². The van der Waals surface area contributed by atoms with Crippen LogP contribution < -0.4 is 10.6 Å². The predicted octanol–water partition coefficient (Wildman–Crippen LogP) is 0.950. The van der Waals surface area contributed by atoms with Gasteiger partial charge in [-0.25, -0.2) is 4.98 Å². The fourth-order valence-corrected chi connectivity index (χ4v) is 1.78. The molecule has 18 heavy (non-hydrogen) atoms. The molecule has 0 aliphatic carbocycles. The van der Waals surface area contributed by atoms with Crippen molar-refractivity contribution in [2.24, 2.45) is 0 Å². The Kier molecular flexibility index (Phi) is 4.30. The zero-order valence-electron chi connectivity index (χ0n) is 10.5. The largest absolute Gasteiger partial charge is 0.352 e. The molecule has 0 atom stereocenters. The summed E-state index contributed by atoms with van der Waals surface area (Å²) >= 11 is 0. The number of hydrogen-bond acceptors (Lipinski definition) is 3. The maximum Gasteiger partial charge on any atom is 0.220 e. The van der Waals surface area contributed by atoms with Crippen molar-refractivity contribution in [2.45, 2.75) is 19.4 Å². The van der Waals surface area contributed by atoms with Crippen LogP contribution in [0.2, 0.25) is 0 Å². The maximum atomic E-state index is 11.5. The van der Waals surface area contributed by atoms with Crippen LogP contribution in [0.1, 0.15) is 18.4 Å². The van der Waals surface area contributed by atoms with Crippen LogP contribution in [0, 0.1) is 0 Å². The van der Waals surface area contributed by atoms with Crippen LogP contribution in [-0.2, 0) is 11.3 Å². The molecule has 0 aliphatic heterocycles. The molecule has 96 valence electrons. The lowest BCUT2D eigenvalue weighted by molar-refractivity contribution is -0.121. The van der Waals surface area contributed by atoms with Crippen molar-refractivity contribution in [3.05, 3.63) is 36.3 Å². The number of fused-ring (bicyclic) bond motifs is 1. The number of nitrogens with zero attached hydrogens (tertiary/aromatic N) is 2. The fourth-order valence-electron chi connectivity index (χ4n) is 1.78. The number of nitrogens with one attached hydrogen (secondary N) is 2. The Morgan fingerprint density at radius 3 is 3.17 bits per heavy atom. The Hall–Kier alpha value is -1.88. The van der Waals surface area contributed by atoms with Gasteiger partial charge in [0, 0.05) is 31.6 Å². The van der Waals surface area contributed by atoms with Crippen LogP contribution in [0.15, 0.2) is 30.7 Å². The molecular formula is C13H18N4O. The highest BCUT2D eigenvalue weighted by Gasteiger charge is 2.02. The maximum absolute atomic E-state index is 11.5. The van der Waals surface area contributed by atoms with Gasteiger partial charge in [-0.3, -0.25) is 4.79 Å². The summed E-state index contributed by atoms with van der Waals surface area (Å²) in [5, 5.41) is 5.93. The lowest BCUT2D eigenvalue weighted by Gasteiger charge is -2.05. The summed E-state index contributed by atoms with van der Waals surface area (Å²) in [6.07, 6.45) is 7.03. The third kappa shape index (κ3) is 3.30. The Morgan fingerprint density at radius 2 is 2.33 bits per heavy atom. The average Bonchev–Trinajstić information content (AvgIpc) is 2.84. The van der Waals surface area contributed by atoms with Crippen molar-refractivity contribution in [3.8, 4) is 0 Å². The van der Waals surface area contributed by atoms with Crippen molar-refractivity contribution in [2.75, 3.05) is 13.6 Å². The van der Waals surface area contributed by atoms with Crippen molar-refractivity contribution in [1.29, 1.82) is 0 Å². The number of rotatable bonds is 6. The summed E-state index contributed by atoms with van der Waals surface area (Å²) in [6, 6.07) is 3.97. The van der Waals surface area contributed by atoms with E-state index in [2.05, 4.69) is 15.6 Å². The highest BCUT2D eigenvalue weighted by molar-refractivity contribution is 5.75. The van der Waals surface area contributed by atoms with Gasteiger partial charge in [-0.05, 0) is 37.7 Å². The van der Waals surface area contributed by atoms with Crippen LogP contribution >= 0.6 is 0 Å². The second-order valence-corrected chi connectivity index (χ2v) is 4.21.